The number of nitrogens with zero attached hydrogens (tertiary/aromatic N) is 6. The maximum Gasteiger partial charge on any atom is 0.437 e. The van der Waals surface area contributed by atoms with E-state index in [-0.39, 0.29) is 17.8 Å². The fourth-order valence-electron chi connectivity index (χ4n) is 4.26. The summed E-state index contributed by atoms with van der Waals surface area (Å²) in [5.74, 6) is 0.764. The van der Waals surface area contributed by atoms with Crippen LogP contribution >= 0.6 is 0 Å². The summed E-state index contributed by atoms with van der Waals surface area (Å²) in [5, 5.41) is 7.18. The Kier molecular flexibility index (Phi) is 4.68. The zero-order chi connectivity index (χ0) is 21.5. The lowest BCUT2D eigenvalue weighted by Gasteiger charge is -2.27. The van der Waals surface area contributed by atoms with Gasteiger partial charge in [-0.1, -0.05) is 6.07 Å². The molecule has 10 heteroatoms. The van der Waals surface area contributed by atoms with Crippen LogP contribution in [0.15, 0.2) is 39.7 Å². The van der Waals surface area contributed by atoms with Crippen molar-refractivity contribution in [2.45, 2.75) is 32.4 Å². The highest BCUT2D eigenvalue weighted by Crippen LogP contribution is 2.34. The molecule has 2 aliphatic rings. The van der Waals surface area contributed by atoms with Crippen molar-refractivity contribution in [1.82, 2.24) is 19.7 Å². The Labute approximate surface area is 178 Å². The van der Waals surface area contributed by atoms with Gasteiger partial charge in [-0.15, -0.1) is 5.10 Å². The minimum Gasteiger partial charge on any atom is -0.388 e. The highest BCUT2D eigenvalue weighted by molar-refractivity contribution is 6.10. The quantitative estimate of drug-likeness (QED) is 0.681. The average molecular weight is 421 g/mol. The summed E-state index contributed by atoms with van der Waals surface area (Å²) in [6.45, 7) is 3.65. The molecule has 0 spiro atoms. The van der Waals surface area contributed by atoms with Gasteiger partial charge in [0.05, 0.1) is 0 Å². The molecule has 10 nitrogen and oxygen atoms in total. The molecule has 0 radical (unpaired) electrons. The highest BCUT2D eigenvalue weighted by Gasteiger charge is 2.37. The first-order chi connectivity index (χ1) is 15.1. The predicted octanol–water partition coefficient (Wildman–Crippen LogP) is 1.98. The van der Waals surface area contributed by atoms with Crippen LogP contribution in [0.4, 0.5) is 17.5 Å². The molecule has 1 amide bonds. The number of benzene rings is 1. The summed E-state index contributed by atoms with van der Waals surface area (Å²) in [6.07, 6.45) is 3.62. The lowest BCUT2D eigenvalue weighted by Crippen LogP contribution is -2.39. The third-order valence-corrected chi connectivity index (χ3v) is 5.82. The second kappa shape index (κ2) is 7.53. The normalized spacial score (nSPS) is 18.0. The fraction of sp³-hybridized carbons (Fsp3) is 0.381. The molecule has 0 unspecified atom stereocenters. The highest BCUT2D eigenvalue weighted by atomic mass is 16.4. The van der Waals surface area contributed by atoms with Crippen LogP contribution in [0.3, 0.4) is 0 Å². The van der Waals surface area contributed by atoms with Crippen molar-refractivity contribution in [3.63, 3.8) is 0 Å². The number of nitrogens with one attached hydrogen (secondary N) is 1. The van der Waals surface area contributed by atoms with E-state index in [0.717, 1.165) is 19.4 Å². The second-order valence-corrected chi connectivity index (χ2v) is 7.63. The van der Waals surface area contributed by atoms with Gasteiger partial charge in [0.2, 0.25) is 11.8 Å². The number of hydrogen-bond donors (Lipinski definition) is 1. The van der Waals surface area contributed by atoms with Crippen LogP contribution in [0.2, 0.25) is 0 Å². The molecule has 1 N–H and O–H groups in total. The summed E-state index contributed by atoms with van der Waals surface area (Å²) in [5.41, 5.74) is 1.84. The van der Waals surface area contributed by atoms with Gasteiger partial charge >= 0.3 is 5.76 Å². The number of carbonyl (C=O) groups excluding carboxylic acids is 1. The first kappa shape index (κ1) is 19.3. The molecule has 2 aromatic heterocycles. The van der Waals surface area contributed by atoms with Gasteiger partial charge < -0.3 is 19.5 Å². The fourth-order valence-corrected chi connectivity index (χ4v) is 4.26. The molecule has 0 bridgehead atoms. The molecule has 1 saturated heterocycles. The monoisotopic (exact) mass is 421 g/mol. The maximum atomic E-state index is 13.5. The van der Waals surface area contributed by atoms with E-state index >= 15 is 0 Å². The van der Waals surface area contributed by atoms with Gasteiger partial charge in [0.1, 0.15) is 11.4 Å². The summed E-state index contributed by atoms with van der Waals surface area (Å²) in [7, 11) is 1.76. The molecule has 0 aliphatic carbocycles. The van der Waals surface area contributed by atoms with E-state index in [4.69, 9.17) is 4.42 Å². The Balaban J connectivity index is 1.57. The number of rotatable bonds is 4. The lowest BCUT2D eigenvalue weighted by atomic mass is 10.1. The Morgan fingerprint density at radius 2 is 2.16 bits per heavy atom. The van der Waals surface area contributed by atoms with Crippen molar-refractivity contribution < 1.29 is 9.21 Å². The van der Waals surface area contributed by atoms with Crippen molar-refractivity contribution in [3.05, 3.63) is 46.6 Å². The summed E-state index contributed by atoms with van der Waals surface area (Å²) < 4.78 is 6.56. The van der Waals surface area contributed by atoms with Gasteiger partial charge in [-0.25, -0.2) is 9.78 Å². The lowest BCUT2D eigenvalue weighted by molar-refractivity contribution is 0.0988. The number of amides is 1. The van der Waals surface area contributed by atoms with Crippen molar-refractivity contribution in [2.24, 2.45) is 0 Å². The van der Waals surface area contributed by atoms with Gasteiger partial charge in [0.25, 0.3) is 5.91 Å². The summed E-state index contributed by atoms with van der Waals surface area (Å²) in [6, 6.07) is 7.53. The van der Waals surface area contributed by atoms with Crippen LogP contribution in [-0.4, -0.2) is 51.8 Å². The standard InChI is InChI=1S/C21H23N7O3/c1-3-28-21(30)31-18(25-28)13-6-4-7-14(10-13)27-12-15-8-5-9-26(15)17-16(19(27)29)11-23-20(22-2)24-17/h4,6-7,10-11,15H,3,5,8-9,12H2,1-2H3,(H,22,23,24)/t15-/m0/s1. The smallest absolute Gasteiger partial charge is 0.388 e. The van der Waals surface area contributed by atoms with E-state index < -0.39 is 5.76 Å². The van der Waals surface area contributed by atoms with Crippen molar-refractivity contribution in [3.8, 4) is 11.5 Å². The Morgan fingerprint density at radius 3 is 2.94 bits per heavy atom. The van der Waals surface area contributed by atoms with Gasteiger partial charge in [-0.05, 0) is 38.0 Å². The van der Waals surface area contributed by atoms with Crippen LogP contribution < -0.4 is 20.9 Å². The third-order valence-electron chi connectivity index (χ3n) is 5.82. The summed E-state index contributed by atoms with van der Waals surface area (Å²) in [4.78, 5) is 38.2. The zero-order valence-corrected chi connectivity index (χ0v) is 17.4. The van der Waals surface area contributed by atoms with Gasteiger partial charge in [-0.2, -0.15) is 9.67 Å². The van der Waals surface area contributed by atoms with E-state index in [1.54, 1.807) is 18.1 Å². The number of hydrogen-bond acceptors (Lipinski definition) is 8. The molecule has 5 rings (SSSR count). The maximum absolute atomic E-state index is 13.5. The second-order valence-electron chi connectivity index (χ2n) is 7.63. The van der Waals surface area contributed by atoms with Gasteiger partial charge in [-0.3, -0.25) is 4.79 Å². The number of carbonyl (C=O) groups is 1. The van der Waals surface area contributed by atoms with Gasteiger partial charge in [0, 0.05) is 50.2 Å². The molecule has 3 aromatic rings. The van der Waals surface area contributed by atoms with Crippen LogP contribution in [0, 0.1) is 0 Å². The zero-order valence-electron chi connectivity index (χ0n) is 17.4. The molecule has 1 fully saturated rings. The Hall–Kier alpha value is -3.69. The SMILES string of the molecule is CCn1nc(-c2cccc(N3C[C@@H]4CCCN4c4nc(NC)ncc4C3=O)c2)oc1=O. The number of fused-ring (bicyclic) bond motifs is 3. The average Bonchev–Trinajstić information content (AvgIpc) is 3.40. The molecule has 31 heavy (non-hydrogen) atoms. The van der Waals surface area contributed by atoms with Crippen LogP contribution in [0.1, 0.15) is 30.1 Å². The van der Waals surface area contributed by atoms with E-state index in [1.807, 2.05) is 31.2 Å². The van der Waals surface area contributed by atoms with Crippen LogP contribution in [-0.2, 0) is 6.54 Å². The minimum atomic E-state index is -0.498. The van der Waals surface area contributed by atoms with E-state index in [9.17, 15) is 9.59 Å². The first-order valence-electron chi connectivity index (χ1n) is 10.4. The number of anilines is 3. The molecule has 0 saturated carbocycles. The minimum absolute atomic E-state index is 0.148. The predicted molar refractivity (Wildman–Crippen MR) is 115 cm³/mol. The first-order valence-corrected chi connectivity index (χ1v) is 10.4. The van der Waals surface area contributed by atoms with E-state index in [1.165, 1.54) is 4.68 Å². The largest absolute Gasteiger partial charge is 0.437 e. The molecule has 1 aromatic carbocycles. The molecule has 2 aliphatic heterocycles. The van der Waals surface area contributed by atoms with E-state index in [0.29, 0.717) is 41.7 Å². The van der Waals surface area contributed by atoms with Gasteiger partial charge in [0.15, 0.2) is 0 Å². The molecule has 1 atom stereocenters. The van der Waals surface area contributed by atoms with Crippen LogP contribution in [0.25, 0.3) is 11.5 Å². The van der Waals surface area contributed by atoms with Crippen molar-refractivity contribution >= 4 is 23.4 Å². The summed E-state index contributed by atoms with van der Waals surface area (Å²) >= 11 is 0. The number of aromatic nitrogens is 4. The van der Waals surface area contributed by atoms with Crippen LogP contribution in [0.5, 0.6) is 0 Å². The van der Waals surface area contributed by atoms with E-state index in [2.05, 4.69) is 25.3 Å². The molecule has 4 heterocycles. The Morgan fingerprint density at radius 1 is 1.29 bits per heavy atom. The molecular formula is C21H23N7O3. The Bertz CT molecular complexity index is 1200. The topological polar surface area (TPSA) is 109 Å². The number of aryl methyl sites for hydroxylation is 1. The molecule has 160 valence electrons. The third kappa shape index (κ3) is 3.24. The van der Waals surface area contributed by atoms with Crippen molar-refractivity contribution in [1.29, 1.82) is 0 Å². The molecular weight excluding hydrogens is 398 g/mol. The van der Waals surface area contributed by atoms with Crippen molar-refractivity contribution in [2.75, 3.05) is 35.3 Å².